The molecule has 0 saturated heterocycles. The van der Waals surface area contributed by atoms with Gasteiger partial charge in [0.15, 0.2) is 0 Å². The summed E-state index contributed by atoms with van der Waals surface area (Å²) >= 11 is 3.12. The van der Waals surface area contributed by atoms with Gasteiger partial charge in [-0.25, -0.2) is 4.39 Å². The average Bonchev–Trinajstić information content (AvgIpc) is 2.42. The number of carboxylic acid groups (broad SMARTS) is 1. The lowest BCUT2D eigenvalue weighted by Crippen LogP contribution is -2.02. The summed E-state index contributed by atoms with van der Waals surface area (Å²) in [4.78, 5) is 13.5. The number of rotatable bonds is 5. The van der Waals surface area contributed by atoms with Crippen LogP contribution < -0.4 is 0 Å². The molecule has 1 N–H and O–H groups in total. The van der Waals surface area contributed by atoms with E-state index in [9.17, 15) is 9.18 Å². The monoisotopic (exact) mass is 308 g/mol. The molecule has 0 amide bonds. The third-order valence-corrected chi connectivity index (χ3v) is 4.40. The number of hydrogen-bond acceptors (Lipinski definition) is 3. The normalized spacial score (nSPS) is 10.5. The number of benzene rings is 2. The Bertz CT molecular complexity index is 612. The Morgan fingerprint density at radius 3 is 2.25 bits per heavy atom. The van der Waals surface area contributed by atoms with Crippen molar-refractivity contribution in [2.24, 2.45) is 0 Å². The Hall–Kier alpha value is -1.46. The molecule has 0 atom stereocenters. The minimum Gasteiger partial charge on any atom is -0.481 e. The Morgan fingerprint density at radius 2 is 1.70 bits per heavy atom. The molecule has 0 unspecified atom stereocenters. The molecular formula is C15H13FO2S2. The fraction of sp³-hybridized carbons (Fsp3) is 0.133. The van der Waals surface area contributed by atoms with E-state index in [1.54, 1.807) is 17.8 Å². The lowest BCUT2D eigenvalue weighted by Gasteiger charge is -2.05. The molecule has 0 heterocycles. The Kier molecular flexibility index (Phi) is 5.09. The molecule has 2 rings (SSSR count). The van der Waals surface area contributed by atoms with E-state index < -0.39 is 11.8 Å². The first kappa shape index (κ1) is 14.9. The molecule has 0 bridgehead atoms. The summed E-state index contributed by atoms with van der Waals surface area (Å²) in [6.45, 7) is 0. The molecule has 2 aromatic rings. The summed E-state index contributed by atoms with van der Waals surface area (Å²) in [5.74, 6) is -1.50. The van der Waals surface area contributed by atoms with Crippen molar-refractivity contribution < 1.29 is 14.3 Å². The van der Waals surface area contributed by atoms with Crippen molar-refractivity contribution in [2.45, 2.75) is 21.1 Å². The van der Waals surface area contributed by atoms with Crippen molar-refractivity contribution in [1.29, 1.82) is 0 Å². The van der Waals surface area contributed by atoms with Crippen molar-refractivity contribution >= 4 is 29.5 Å². The van der Waals surface area contributed by atoms with E-state index in [1.807, 2.05) is 30.5 Å². The van der Waals surface area contributed by atoms with Gasteiger partial charge in [0.25, 0.3) is 0 Å². The second-order valence-corrected chi connectivity index (χ2v) is 6.13. The Morgan fingerprint density at radius 1 is 1.10 bits per heavy atom. The molecule has 20 heavy (non-hydrogen) atoms. The molecular weight excluding hydrogens is 295 g/mol. The van der Waals surface area contributed by atoms with Crippen LogP contribution in [0.4, 0.5) is 4.39 Å². The molecule has 0 aliphatic carbocycles. The summed E-state index contributed by atoms with van der Waals surface area (Å²) in [5, 5.41) is 8.67. The Balaban J connectivity index is 2.13. The first-order chi connectivity index (χ1) is 9.58. The summed E-state index contributed by atoms with van der Waals surface area (Å²) < 4.78 is 13.8. The van der Waals surface area contributed by atoms with E-state index in [-0.39, 0.29) is 12.0 Å². The Labute approximate surface area is 125 Å². The van der Waals surface area contributed by atoms with Gasteiger partial charge < -0.3 is 5.11 Å². The van der Waals surface area contributed by atoms with Crippen LogP contribution in [-0.4, -0.2) is 17.3 Å². The van der Waals surface area contributed by atoms with Crippen molar-refractivity contribution in [2.75, 3.05) is 6.26 Å². The number of hydrogen-bond donors (Lipinski definition) is 1. The summed E-state index contributed by atoms with van der Waals surface area (Å²) in [7, 11) is 0. The minimum absolute atomic E-state index is 0.208. The smallest absolute Gasteiger partial charge is 0.307 e. The third-order valence-electron chi connectivity index (χ3n) is 2.66. The zero-order valence-electron chi connectivity index (χ0n) is 10.8. The molecule has 5 heteroatoms. The van der Waals surface area contributed by atoms with Gasteiger partial charge in [0.05, 0.1) is 6.42 Å². The summed E-state index contributed by atoms with van der Waals surface area (Å²) in [6, 6.07) is 12.7. The lowest BCUT2D eigenvalue weighted by molar-refractivity contribution is -0.136. The van der Waals surface area contributed by atoms with Gasteiger partial charge in [0, 0.05) is 14.7 Å². The first-order valence-electron chi connectivity index (χ1n) is 5.90. The van der Waals surface area contributed by atoms with E-state index in [0.717, 1.165) is 9.79 Å². The highest BCUT2D eigenvalue weighted by Gasteiger charge is 2.08. The van der Waals surface area contributed by atoms with Crippen LogP contribution in [0.5, 0.6) is 0 Å². The van der Waals surface area contributed by atoms with Gasteiger partial charge in [-0.2, -0.15) is 0 Å². The highest BCUT2D eigenvalue weighted by atomic mass is 32.2. The van der Waals surface area contributed by atoms with Crippen LogP contribution >= 0.6 is 23.5 Å². The van der Waals surface area contributed by atoms with E-state index in [2.05, 4.69) is 0 Å². The number of carboxylic acids is 1. The SMILES string of the molecule is CSc1ccc(Sc2ccc(CC(=O)O)c(F)c2)cc1. The van der Waals surface area contributed by atoms with Crippen LogP contribution in [0.1, 0.15) is 5.56 Å². The zero-order chi connectivity index (χ0) is 14.5. The minimum atomic E-state index is -1.03. The highest BCUT2D eigenvalue weighted by molar-refractivity contribution is 7.99. The van der Waals surface area contributed by atoms with Crippen molar-refractivity contribution in [3.8, 4) is 0 Å². The predicted molar refractivity (Wildman–Crippen MR) is 80.1 cm³/mol. The van der Waals surface area contributed by atoms with Crippen LogP contribution in [-0.2, 0) is 11.2 Å². The van der Waals surface area contributed by atoms with Crippen molar-refractivity contribution in [3.63, 3.8) is 0 Å². The van der Waals surface area contributed by atoms with Gasteiger partial charge in [-0.1, -0.05) is 17.8 Å². The molecule has 0 spiro atoms. The quantitative estimate of drug-likeness (QED) is 0.834. The maximum atomic E-state index is 13.8. The molecule has 2 aromatic carbocycles. The maximum Gasteiger partial charge on any atom is 0.307 e. The van der Waals surface area contributed by atoms with Crippen LogP contribution in [0.25, 0.3) is 0 Å². The first-order valence-corrected chi connectivity index (χ1v) is 7.95. The number of thioether (sulfide) groups is 1. The van der Waals surface area contributed by atoms with Crippen LogP contribution in [0.2, 0.25) is 0 Å². The zero-order valence-corrected chi connectivity index (χ0v) is 12.4. The second kappa shape index (κ2) is 6.81. The summed E-state index contributed by atoms with van der Waals surface area (Å²) in [5.41, 5.74) is 0.208. The number of halogens is 1. The molecule has 104 valence electrons. The van der Waals surface area contributed by atoms with Gasteiger partial charge in [0.1, 0.15) is 5.82 Å². The molecule has 0 aliphatic heterocycles. The van der Waals surface area contributed by atoms with Crippen LogP contribution in [0.3, 0.4) is 0 Å². The van der Waals surface area contributed by atoms with Crippen molar-refractivity contribution in [1.82, 2.24) is 0 Å². The average molecular weight is 308 g/mol. The van der Waals surface area contributed by atoms with E-state index in [4.69, 9.17) is 5.11 Å². The van der Waals surface area contributed by atoms with E-state index in [1.165, 1.54) is 28.8 Å². The molecule has 0 radical (unpaired) electrons. The van der Waals surface area contributed by atoms with Gasteiger partial charge in [-0.15, -0.1) is 11.8 Å². The lowest BCUT2D eigenvalue weighted by atomic mass is 10.1. The topological polar surface area (TPSA) is 37.3 Å². The van der Waals surface area contributed by atoms with Gasteiger partial charge >= 0.3 is 5.97 Å². The fourth-order valence-corrected chi connectivity index (χ4v) is 2.93. The molecule has 2 nitrogen and oxygen atoms in total. The second-order valence-electron chi connectivity index (χ2n) is 4.10. The summed E-state index contributed by atoms with van der Waals surface area (Å²) in [6.07, 6.45) is 1.72. The number of aliphatic carboxylic acids is 1. The van der Waals surface area contributed by atoms with Gasteiger partial charge in [-0.3, -0.25) is 4.79 Å². The molecule has 0 aromatic heterocycles. The van der Waals surface area contributed by atoms with Gasteiger partial charge in [-0.05, 0) is 48.2 Å². The fourth-order valence-electron chi connectivity index (χ4n) is 1.68. The third kappa shape index (κ3) is 4.02. The highest BCUT2D eigenvalue weighted by Crippen LogP contribution is 2.30. The molecule has 0 fully saturated rings. The largest absolute Gasteiger partial charge is 0.481 e. The standard InChI is InChI=1S/C15H13FO2S2/c1-19-11-4-6-12(7-5-11)20-13-3-2-10(8-15(17)18)14(16)9-13/h2-7,9H,8H2,1H3,(H,17,18). The van der Waals surface area contributed by atoms with Crippen LogP contribution in [0, 0.1) is 5.82 Å². The van der Waals surface area contributed by atoms with Crippen molar-refractivity contribution in [3.05, 3.63) is 53.8 Å². The van der Waals surface area contributed by atoms with E-state index in [0.29, 0.717) is 0 Å². The van der Waals surface area contributed by atoms with Crippen LogP contribution in [0.15, 0.2) is 57.2 Å². The maximum absolute atomic E-state index is 13.8. The molecule has 0 aliphatic rings. The molecule has 0 saturated carbocycles. The number of carbonyl (C=O) groups is 1. The van der Waals surface area contributed by atoms with Gasteiger partial charge in [0.2, 0.25) is 0 Å². The van der Waals surface area contributed by atoms with E-state index >= 15 is 0 Å². The predicted octanol–water partition coefficient (Wildman–Crippen LogP) is 4.33.